The number of carbonyl (C=O) groups excluding carboxylic acids is 1. The summed E-state index contributed by atoms with van der Waals surface area (Å²) >= 11 is 0. The van der Waals surface area contributed by atoms with Crippen LogP contribution in [0.1, 0.15) is 86.0 Å². The summed E-state index contributed by atoms with van der Waals surface area (Å²) in [4.78, 5) is 13.7. The zero-order chi connectivity index (χ0) is 40.4. The highest BCUT2D eigenvalue weighted by Crippen LogP contribution is 2.57. The van der Waals surface area contributed by atoms with E-state index in [1.165, 1.54) is 5.57 Å². The predicted molar refractivity (Wildman–Crippen MR) is 199 cm³/mol. The fourth-order valence-corrected chi connectivity index (χ4v) is 11.3. The first-order valence-corrected chi connectivity index (χ1v) is 21.0. The number of rotatable bonds is 9. The van der Waals surface area contributed by atoms with Gasteiger partial charge in [0.1, 0.15) is 24.4 Å². The Bertz CT molecular complexity index is 1510. The molecule has 5 saturated heterocycles. The Morgan fingerprint density at radius 1 is 0.789 bits per heavy atom. The molecule has 2 N–H and O–H groups in total. The van der Waals surface area contributed by atoms with Gasteiger partial charge in [-0.05, 0) is 69.8 Å². The molecule has 0 radical (unpaired) electrons. The Morgan fingerprint density at radius 3 is 2.02 bits per heavy atom. The second-order valence-corrected chi connectivity index (χ2v) is 17.9. The maximum absolute atomic E-state index is 13.7. The van der Waals surface area contributed by atoms with E-state index in [-0.39, 0.29) is 42.0 Å². The number of esters is 1. The topological polar surface area (TPSA) is 168 Å². The summed E-state index contributed by atoms with van der Waals surface area (Å²) in [6.07, 6.45) is 0.929. The lowest BCUT2D eigenvalue weighted by Gasteiger charge is -2.52. The first-order chi connectivity index (χ1) is 27.2. The van der Waals surface area contributed by atoms with Crippen LogP contribution in [-0.4, -0.2) is 142 Å². The van der Waals surface area contributed by atoms with Crippen molar-refractivity contribution in [2.24, 2.45) is 23.2 Å². The first-order valence-electron chi connectivity index (χ1n) is 21.0. The van der Waals surface area contributed by atoms with Crippen LogP contribution in [0.5, 0.6) is 0 Å². The number of hydrogen-bond acceptors (Lipinski definition) is 15. The van der Waals surface area contributed by atoms with Crippen LogP contribution in [-0.2, 0) is 61.6 Å². The van der Waals surface area contributed by atoms with Crippen LogP contribution < -0.4 is 0 Å². The van der Waals surface area contributed by atoms with Crippen molar-refractivity contribution in [3.05, 3.63) is 23.5 Å². The van der Waals surface area contributed by atoms with Crippen molar-refractivity contribution in [2.45, 2.75) is 184 Å². The van der Waals surface area contributed by atoms with Crippen LogP contribution in [0.4, 0.5) is 0 Å². The summed E-state index contributed by atoms with van der Waals surface area (Å²) in [6, 6.07) is 0. The van der Waals surface area contributed by atoms with Gasteiger partial charge < -0.3 is 67.1 Å². The Labute approximate surface area is 335 Å². The first kappa shape index (κ1) is 42.0. The Balaban J connectivity index is 0.876. The van der Waals surface area contributed by atoms with Gasteiger partial charge in [-0.3, -0.25) is 4.79 Å². The van der Waals surface area contributed by atoms with Gasteiger partial charge in [0.2, 0.25) is 5.79 Å². The normalized spacial score (nSPS) is 51.2. The number of methoxy groups -OCH3 is 3. The minimum atomic E-state index is -0.790. The largest absolute Gasteiger partial charge is 0.469 e. The summed E-state index contributed by atoms with van der Waals surface area (Å²) in [5, 5.41) is 22.1. The van der Waals surface area contributed by atoms with E-state index in [4.69, 9.17) is 56.8 Å². The van der Waals surface area contributed by atoms with Gasteiger partial charge in [-0.25, -0.2) is 0 Å². The third kappa shape index (κ3) is 7.87. The molecule has 57 heavy (non-hydrogen) atoms. The van der Waals surface area contributed by atoms with E-state index in [2.05, 4.69) is 13.0 Å². The van der Waals surface area contributed by atoms with Crippen molar-refractivity contribution >= 4 is 5.97 Å². The zero-order valence-corrected chi connectivity index (χ0v) is 34.6. The van der Waals surface area contributed by atoms with Gasteiger partial charge in [0.25, 0.3) is 0 Å². The minimum absolute atomic E-state index is 0.000401. The monoisotopic (exact) mass is 808 g/mol. The quantitative estimate of drug-likeness (QED) is 0.256. The number of fused-ring (bicyclic) bond motifs is 3. The van der Waals surface area contributed by atoms with Gasteiger partial charge in [-0.15, -0.1) is 0 Å². The minimum Gasteiger partial charge on any atom is -0.469 e. The molecule has 8 rings (SSSR count). The van der Waals surface area contributed by atoms with Crippen LogP contribution >= 0.6 is 0 Å². The van der Waals surface area contributed by atoms with Gasteiger partial charge in [-0.2, -0.15) is 0 Å². The van der Waals surface area contributed by atoms with Crippen molar-refractivity contribution in [3.8, 4) is 0 Å². The molecule has 322 valence electrons. The average Bonchev–Trinajstić information content (AvgIpc) is 3.69. The number of allylic oxidation sites excluding steroid dienone is 1. The van der Waals surface area contributed by atoms with E-state index in [0.717, 1.165) is 18.4 Å². The molecule has 2 aliphatic carbocycles. The van der Waals surface area contributed by atoms with Gasteiger partial charge in [0, 0.05) is 47.5 Å². The average molecular weight is 809 g/mol. The number of hydrogen-bond donors (Lipinski definition) is 2. The van der Waals surface area contributed by atoms with Gasteiger partial charge in [0.05, 0.1) is 73.5 Å². The van der Waals surface area contributed by atoms with Crippen LogP contribution in [0.3, 0.4) is 0 Å². The third-order valence-electron chi connectivity index (χ3n) is 14.5. The molecule has 6 heterocycles. The summed E-state index contributed by atoms with van der Waals surface area (Å²) in [6.45, 7) is 10.1. The molecule has 0 aromatic rings. The molecular weight excluding hydrogens is 744 g/mol. The molecule has 0 aromatic carbocycles. The Kier molecular flexibility index (Phi) is 12.2. The van der Waals surface area contributed by atoms with Gasteiger partial charge in [0.15, 0.2) is 18.9 Å². The maximum atomic E-state index is 13.7. The maximum Gasteiger partial charge on any atom is 0.309 e. The molecular formula is C42H64O15. The molecule has 0 bridgehead atoms. The smallest absolute Gasteiger partial charge is 0.309 e. The highest BCUT2D eigenvalue weighted by molar-refractivity contribution is 5.74. The molecule has 8 aliphatic rings. The standard InChI is InChI=1S/C42H64O15/c1-20-37(44)29(46-6)14-34(51-20)56-39-22(3)53-35(16-31(39)48-8)57-38-21(2)52-33(15-30(38)47-7)54-28-13-24-10-11-25-26(41(24,4)17-27(28)43)12-9-23-18-49-42(5)36(23)32(19-50-42)55-40(25)45/h10,18,20-22,25-39,43-44H,9,11-17,19H2,1-8H3/t20-,21-,22+,25-,26+,27-,28-,29+,30+,31+,32?,33+,34+,35+,36-,37-,38-,39-,41+,42+/m1/s1. The van der Waals surface area contributed by atoms with Crippen molar-refractivity contribution < 1.29 is 71.8 Å². The molecule has 15 nitrogen and oxygen atoms in total. The molecule has 1 saturated carbocycles. The van der Waals surface area contributed by atoms with E-state index in [9.17, 15) is 15.0 Å². The van der Waals surface area contributed by atoms with E-state index >= 15 is 0 Å². The Hall–Kier alpha value is -1.73. The van der Waals surface area contributed by atoms with Gasteiger partial charge >= 0.3 is 5.97 Å². The van der Waals surface area contributed by atoms with Crippen molar-refractivity contribution in [3.63, 3.8) is 0 Å². The van der Waals surface area contributed by atoms with Crippen molar-refractivity contribution in [1.29, 1.82) is 0 Å². The van der Waals surface area contributed by atoms with Crippen LogP contribution in [0.25, 0.3) is 0 Å². The highest BCUT2D eigenvalue weighted by Gasteiger charge is 2.59. The van der Waals surface area contributed by atoms with E-state index in [0.29, 0.717) is 45.1 Å². The lowest BCUT2D eigenvalue weighted by Crippen LogP contribution is -2.57. The fourth-order valence-electron chi connectivity index (χ4n) is 11.3. The summed E-state index contributed by atoms with van der Waals surface area (Å²) in [5.74, 6) is -1.37. The third-order valence-corrected chi connectivity index (χ3v) is 14.5. The second-order valence-electron chi connectivity index (χ2n) is 17.9. The summed E-state index contributed by atoms with van der Waals surface area (Å²) in [5.41, 5.74) is 1.95. The summed E-state index contributed by atoms with van der Waals surface area (Å²) < 4.78 is 73.7. The molecule has 15 heteroatoms. The van der Waals surface area contributed by atoms with Crippen molar-refractivity contribution in [2.75, 3.05) is 27.9 Å². The zero-order valence-electron chi connectivity index (χ0n) is 34.6. The molecule has 6 fully saturated rings. The van der Waals surface area contributed by atoms with Crippen molar-refractivity contribution in [1.82, 2.24) is 0 Å². The molecule has 20 atom stereocenters. The van der Waals surface area contributed by atoms with Gasteiger partial charge in [-0.1, -0.05) is 18.6 Å². The van der Waals surface area contributed by atoms with E-state index in [1.807, 2.05) is 27.0 Å². The van der Waals surface area contributed by atoms with E-state index in [1.54, 1.807) is 28.3 Å². The lowest BCUT2D eigenvalue weighted by atomic mass is 9.55. The van der Waals surface area contributed by atoms with Crippen LogP contribution in [0.2, 0.25) is 0 Å². The highest BCUT2D eigenvalue weighted by atomic mass is 16.8. The second kappa shape index (κ2) is 16.6. The number of aliphatic hydroxyl groups excluding tert-OH is 2. The Morgan fingerprint density at radius 2 is 1.39 bits per heavy atom. The predicted octanol–water partition coefficient (Wildman–Crippen LogP) is 3.66. The number of carbonyl (C=O) groups is 1. The molecule has 1 unspecified atom stereocenters. The SMILES string of the molecule is CO[C@H]1C[C@H](O[C@@H]2[C@H](C)O[C@@H](O[C@H]3[C@@H](OC)C[C@H](O[C@@H]4CC5=CC[C@H]6C(=O)OC7CO[C@]8(C)OC=C(CC[C@@H]6[C@@]5(C)C[C@H]4O)[C@H]78)O[C@@H]3C)C[C@@H]2OC)O[C@H](C)[C@H]1O. The lowest BCUT2D eigenvalue weighted by molar-refractivity contribution is -0.339. The van der Waals surface area contributed by atoms with E-state index < -0.39 is 85.0 Å². The van der Waals surface area contributed by atoms with Crippen LogP contribution in [0, 0.1) is 23.2 Å². The summed E-state index contributed by atoms with van der Waals surface area (Å²) in [7, 11) is 4.86. The molecule has 0 aromatic heterocycles. The fraction of sp³-hybridized carbons (Fsp3) is 0.881. The molecule has 0 amide bonds. The molecule has 6 aliphatic heterocycles. The number of aliphatic hydroxyl groups is 2. The molecule has 0 spiro atoms. The van der Waals surface area contributed by atoms with Crippen LogP contribution in [0.15, 0.2) is 23.5 Å². The number of ether oxygens (including phenoxy) is 12.